The van der Waals surface area contributed by atoms with Crippen LogP contribution in [0.3, 0.4) is 0 Å². The number of hydrogen-bond acceptors (Lipinski definition) is 5. The third kappa shape index (κ3) is 3.29. The van der Waals surface area contributed by atoms with E-state index in [0.717, 1.165) is 31.3 Å². The first kappa shape index (κ1) is 15.6. The number of ketones is 1. The van der Waals surface area contributed by atoms with Crippen molar-refractivity contribution in [2.45, 2.75) is 39.8 Å². The Labute approximate surface area is 126 Å². The van der Waals surface area contributed by atoms with Crippen LogP contribution in [0.4, 0.5) is 5.95 Å². The third-order valence-electron chi connectivity index (χ3n) is 4.08. The smallest absolute Gasteiger partial charge is 0.225 e. The Morgan fingerprint density at radius 3 is 2.71 bits per heavy atom. The Balaban J connectivity index is 2.20. The van der Waals surface area contributed by atoms with Gasteiger partial charge in [0.15, 0.2) is 5.78 Å². The number of Topliss-reactive ketones (excluding diaryl/α,β-unsaturated/α-hetero) is 1. The SMILES string of the molecule is C=CCN1C[C@@H](C)N(c2ncc(C(C)=O)c(C)n2)C[C@H]1C. The molecule has 2 atom stereocenters. The highest BCUT2D eigenvalue weighted by Gasteiger charge is 2.30. The Morgan fingerprint density at radius 1 is 1.43 bits per heavy atom. The molecule has 0 unspecified atom stereocenters. The number of aryl methyl sites for hydroxylation is 1. The zero-order chi connectivity index (χ0) is 15.6. The number of anilines is 1. The first-order valence-corrected chi connectivity index (χ1v) is 7.40. The zero-order valence-corrected chi connectivity index (χ0v) is 13.3. The molecule has 1 aromatic rings. The second-order valence-corrected chi connectivity index (χ2v) is 5.82. The molecular formula is C16H24N4O. The minimum absolute atomic E-state index is 0.0104. The highest BCUT2D eigenvalue weighted by Crippen LogP contribution is 2.21. The lowest BCUT2D eigenvalue weighted by molar-refractivity contribution is 0.101. The lowest BCUT2D eigenvalue weighted by Crippen LogP contribution is -2.56. The molecule has 0 bridgehead atoms. The van der Waals surface area contributed by atoms with Gasteiger partial charge in [-0.3, -0.25) is 9.69 Å². The molecule has 1 fully saturated rings. The zero-order valence-electron chi connectivity index (χ0n) is 13.3. The summed E-state index contributed by atoms with van der Waals surface area (Å²) in [5.41, 5.74) is 1.35. The molecule has 0 aliphatic carbocycles. The fourth-order valence-corrected chi connectivity index (χ4v) is 2.84. The van der Waals surface area contributed by atoms with E-state index in [9.17, 15) is 4.79 Å². The van der Waals surface area contributed by atoms with Gasteiger partial charge < -0.3 is 4.90 Å². The number of rotatable bonds is 4. The summed E-state index contributed by atoms with van der Waals surface area (Å²) in [6.07, 6.45) is 3.59. The first-order valence-electron chi connectivity index (χ1n) is 7.40. The summed E-state index contributed by atoms with van der Waals surface area (Å²) in [6, 6.07) is 0.763. The van der Waals surface area contributed by atoms with Crippen LogP contribution in [0.1, 0.15) is 36.8 Å². The van der Waals surface area contributed by atoms with Gasteiger partial charge in [-0.15, -0.1) is 6.58 Å². The lowest BCUT2D eigenvalue weighted by atomic mass is 10.1. The molecule has 0 spiro atoms. The lowest BCUT2D eigenvalue weighted by Gasteiger charge is -2.43. The molecule has 114 valence electrons. The van der Waals surface area contributed by atoms with Crippen molar-refractivity contribution in [2.24, 2.45) is 0 Å². The van der Waals surface area contributed by atoms with Gasteiger partial charge in [-0.25, -0.2) is 9.97 Å². The maximum atomic E-state index is 11.5. The van der Waals surface area contributed by atoms with Crippen molar-refractivity contribution in [3.05, 3.63) is 30.1 Å². The number of piperazine rings is 1. The predicted octanol–water partition coefficient (Wildman–Crippen LogP) is 2.07. The van der Waals surface area contributed by atoms with E-state index in [4.69, 9.17) is 0 Å². The summed E-state index contributed by atoms with van der Waals surface area (Å²) < 4.78 is 0. The average Bonchev–Trinajstić information content (AvgIpc) is 2.42. The largest absolute Gasteiger partial charge is 0.335 e. The average molecular weight is 288 g/mol. The number of hydrogen-bond donors (Lipinski definition) is 0. The van der Waals surface area contributed by atoms with E-state index in [-0.39, 0.29) is 5.78 Å². The van der Waals surface area contributed by atoms with Gasteiger partial charge in [0, 0.05) is 37.9 Å². The van der Waals surface area contributed by atoms with E-state index in [0.29, 0.717) is 17.6 Å². The molecule has 2 heterocycles. The quantitative estimate of drug-likeness (QED) is 0.627. The maximum absolute atomic E-state index is 11.5. The van der Waals surface area contributed by atoms with Crippen LogP contribution in [-0.2, 0) is 0 Å². The molecule has 1 aliphatic rings. The van der Waals surface area contributed by atoms with Crippen molar-refractivity contribution in [3.63, 3.8) is 0 Å². The fraction of sp³-hybridized carbons (Fsp3) is 0.562. The van der Waals surface area contributed by atoms with Gasteiger partial charge in [0.2, 0.25) is 5.95 Å². The van der Waals surface area contributed by atoms with Gasteiger partial charge in [0.25, 0.3) is 0 Å². The Morgan fingerprint density at radius 2 is 2.14 bits per heavy atom. The molecule has 0 radical (unpaired) electrons. The molecule has 0 aromatic carbocycles. The molecule has 0 saturated carbocycles. The topological polar surface area (TPSA) is 49.3 Å². The summed E-state index contributed by atoms with van der Waals surface area (Å²) in [4.78, 5) is 25.0. The van der Waals surface area contributed by atoms with Gasteiger partial charge in [-0.2, -0.15) is 0 Å². The van der Waals surface area contributed by atoms with Gasteiger partial charge >= 0.3 is 0 Å². The summed E-state index contributed by atoms with van der Waals surface area (Å²) in [7, 11) is 0. The van der Waals surface area contributed by atoms with E-state index >= 15 is 0 Å². The van der Waals surface area contributed by atoms with Crippen LogP contribution >= 0.6 is 0 Å². The predicted molar refractivity (Wildman–Crippen MR) is 84.8 cm³/mol. The molecule has 0 N–H and O–H groups in total. The molecule has 1 saturated heterocycles. The van der Waals surface area contributed by atoms with Crippen molar-refractivity contribution in [2.75, 3.05) is 24.5 Å². The van der Waals surface area contributed by atoms with Crippen molar-refractivity contribution in [3.8, 4) is 0 Å². The van der Waals surface area contributed by atoms with E-state index in [1.165, 1.54) is 0 Å². The normalized spacial score (nSPS) is 23.1. The second kappa shape index (κ2) is 6.35. The molecular weight excluding hydrogens is 264 g/mol. The molecule has 1 aromatic heterocycles. The van der Waals surface area contributed by atoms with E-state index in [1.54, 1.807) is 13.1 Å². The number of aromatic nitrogens is 2. The van der Waals surface area contributed by atoms with Crippen LogP contribution in [-0.4, -0.2) is 52.4 Å². The number of carbonyl (C=O) groups is 1. The van der Waals surface area contributed by atoms with Crippen molar-refractivity contribution >= 4 is 11.7 Å². The van der Waals surface area contributed by atoms with Crippen molar-refractivity contribution in [1.29, 1.82) is 0 Å². The summed E-state index contributed by atoms with van der Waals surface area (Å²) in [5.74, 6) is 0.728. The van der Waals surface area contributed by atoms with Crippen LogP contribution in [0.2, 0.25) is 0 Å². The Kier molecular flexibility index (Phi) is 4.73. The third-order valence-corrected chi connectivity index (χ3v) is 4.08. The monoisotopic (exact) mass is 288 g/mol. The highest BCUT2D eigenvalue weighted by atomic mass is 16.1. The molecule has 5 heteroatoms. The van der Waals surface area contributed by atoms with Crippen LogP contribution in [0.5, 0.6) is 0 Å². The molecule has 1 aliphatic heterocycles. The van der Waals surface area contributed by atoms with E-state index in [2.05, 4.69) is 40.2 Å². The fourth-order valence-electron chi connectivity index (χ4n) is 2.84. The molecule has 0 amide bonds. The van der Waals surface area contributed by atoms with Gasteiger partial charge in [-0.05, 0) is 27.7 Å². The second-order valence-electron chi connectivity index (χ2n) is 5.82. The number of carbonyl (C=O) groups excluding carboxylic acids is 1. The minimum Gasteiger partial charge on any atom is -0.335 e. The standard InChI is InChI=1S/C16H24N4O/c1-6-7-19-9-12(3)20(10-11(19)2)16-17-8-15(14(5)21)13(4)18-16/h6,8,11-12H,1,7,9-10H2,2-5H3/t11-,12-/m1/s1. The Hall–Kier alpha value is -1.75. The summed E-state index contributed by atoms with van der Waals surface area (Å²) >= 11 is 0. The van der Waals surface area contributed by atoms with E-state index < -0.39 is 0 Å². The molecule has 5 nitrogen and oxygen atoms in total. The highest BCUT2D eigenvalue weighted by molar-refractivity contribution is 5.94. The molecule has 21 heavy (non-hydrogen) atoms. The minimum atomic E-state index is 0.0104. The summed E-state index contributed by atoms with van der Waals surface area (Å²) in [5, 5.41) is 0. The van der Waals surface area contributed by atoms with E-state index in [1.807, 2.05) is 13.0 Å². The van der Waals surface area contributed by atoms with Gasteiger partial charge in [0.1, 0.15) is 0 Å². The number of nitrogens with zero attached hydrogens (tertiary/aromatic N) is 4. The maximum Gasteiger partial charge on any atom is 0.225 e. The van der Waals surface area contributed by atoms with Crippen molar-refractivity contribution < 1.29 is 4.79 Å². The van der Waals surface area contributed by atoms with Crippen LogP contribution in [0.25, 0.3) is 0 Å². The van der Waals surface area contributed by atoms with Crippen molar-refractivity contribution in [1.82, 2.24) is 14.9 Å². The Bertz CT molecular complexity index is 543. The van der Waals surface area contributed by atoms with Crippen LogP contribution in [0.15, 0.2) is 18.9 Å². The first-order chi connectivity index (χ1) is 9.93. The van der Waals surface area contributed by atoms with Gasteiger partial charge in [0.05, 0.1) is 11.3 Å². The van der Waals surface area contributed by atoms with Crippen LogP contribution < -0.4 is 4.90 Å². The van der Waals surface area contributed by atoms with Gasteiger partial charge in [-0.1, -0.05) is 6.08 Å². The molecule has 2 rings (SSSR count). The van der Waals surface area contributed by atoms with Crippen LogP contribution in [0, 0.1) is 6.92 Å². The summed E-state index contributed by atoms with van der Waals surface area (Å²) in [6.45, 7) is 14.4.